The van der Waals surface area contributed by atoms with Gasteiger partial charge in [0.1, 0.15) is 0 Å². The lowest BCUT2D eigenvalue weighted by Crippen LogP contribution is -2.45. The van der Waals surface area contributed by atoms with E-state index in [4.69, 9.17) is 0 Å². The summed E-state index contributed by atoms with van der Waals surface area (Å²) in [5.74, 6) is 0.735. The Balaban J connectivity index is 1.57. The number of imidazole rings is 1. The highest BCUT2D eigenvalue weighted by molar-refractivity contribution is 5.04. The lowest BCUT2D eigenvalue weighted by atomic mass is 10.0. The maximum absolute atomic E-state index is 4.38. The first kappa shape index (κ1) is 15.0. The fourth-order valence-corrected chi connectivity index (χ4v) is 3.38. The summed E-state index contributed by atoms with van der Waals surface area (Å²) in [4.78, 5) is 7.05. The van der Waals surface area contributed by atoms with E-state index in [9.17, 15) is 0 Å². The fourth-order valence-electron chi connectivity index (χ4n) is 3.38. The Morgan fingerprint density at radius 2 is 2.14 bits per heavy atom. The third-order valence-corrected chi connectivity index (χ3v) is 4.73. The fraction of sp³-hybridized carbons (Fsp3) is 0.824. The molecule has 1 aliphatic carbocycles. The van der Waals surface area contributed by atoms with Crippen LogP contribution in [0.15, 0.2) is 12.5 Å². The molecule has 1 aliphatic heterocycles. The summed E-state index contributed by atoms with van der Waals surface area (Å²) < 4.78 is 2.41. The maximum Gasteiger partial charge on any atom is 0.0951 e. The molecule has 118 valence electrons. The minimum atomic E-state index is 0.694. The average molecular weight is 290 g/mol. The summed E-state index contributed by atoms with van der Waals surface area (Å²) in [5, 5.41) is 3.65. The Hall–Kier alpha value is -0.870. The standard InChI is InChI=1S/C17H30N4/c1-14(2)9-18-10-16-5-3-4-8-20(16)12-17-11-19-13-21(17)15-6-7-15/h11,13-16,18H,3-10,12H2,1-2H3. The van der Waals surface area contributed by atoms with E-state index in [0.717, 1.165) is 31.6 Å². The van der Waals surface area contributed by atoms with Gasteiger partial charge in [0.15, 0.2) is 0 Å². The topological polar surface area (TPSA) is 33.1 Å². The third-order valence-electron chi connectivity index (χ3n) is 4.73. The first-order chi connectivity index (χ1) is 10.2. The first-order valence-electron chi connectivity index (χ1n) is 8.69. The van der Waals surface area contributed by atoms with Crippen LogP contribution in [0.4, 0.5) is 0 Å². The van der Waals surface area contributed by atoms with Crippen LogP contribution in [-0.4, -0.2) is 40.1 Å². The molecule has 1 N–H and O–H groups in total. The van der Waals surface area contributed by atoms with E-state index in [-0.39, 0.29) is 0 Å². The van der Waals surface area contributed by atoms with Crippen molar-refractivity contribution in [1.29, 1.82) is 0 Å². The molecule has 1 unspecified atom stereocenters. The molecule has 2 heterocycles. The molecule has 2 aliphatic rings. The number of aromatic nitrogens is 2. The molecule has 1 atom stereocenters. The molecular formula is C17H30N4. The summed E-state index contributed by atoms with van der Waals surface area (Å²) in [6, 6.07) is 1.44. The van der Waals surface area contributed by atoms with Crippen molar-refractivity contribution in [2.45, 2.75) is 64.6 Å². The monoisotopic (exact) mass is 290 g/mol. The number of rotatable bonds is 7. The minimum Gasteiger partial charge on any atom is -0.330 e. The van der Waals surface area contributed by atoms with Gasteiger partial charge in [0.2, 0.25) is 0 Å². The van der Waals surface area contributed by atoms with Crippen molar-refractivity contribution in [3.63, 3.8) is 0 Å². The number of likely N-dealkylation sites (tertiary alicyclic amines) is 1. The lowest BCUT2D eigenvalue weighted by Gasteiger charge is -2.36. The smallest absolute Gasteiger partial charge is 0.0951 e. The summed E-state index contributed by atoms with van der Waals surface area (Å²) in [6.45, 7) is 9.13. The predicted molar refractivity (Wildman–Crippen MR) is 86.3 cm³/mol. The Labute approximate surface area is 128 Å². The number of hydrogen-bond donors (Lipinski definition) is 1. The van der Waals surface area contributed by atoms with Crippen LogP contribution in [0.1, 0.15) is 57.7 Å². The van der Waals surface area contributed by atoms with Crippen molar-refractivity contribution < 1.29 is 0 Å². The van der Waals surface area contributed by atoms with E-state index < -0.39 is 0 Å². The second-order valence-electron chi connectivity index (χ2n) is 7.20. The summed E-state index contributed by atoms with van der Waals surface area (Å²) >= 11 is 0. The largest absolute Gasteiger partial charge is 0.330 e. The molecule has 1 saturated carbocycles. The molecule has 0 aromatic carbocycles. The molecule has 21 heavy (non-hydrogen) atoms. The van der Waals surface area contributed by atoms with Gasteiger partial charge in [-0.2, -0.15) is 0 Å². The predicted octanol–water partition coefficient (Wildman–Crippen LogP) is 2.82. The van der Waals surface area contributed by atoms with Crippen molar-refractivity contribution >= 4 is 0 Å². The van der Waals surface area contributed by atoms with Gasteiger partial charge in [-0.05, 0) is 44.7 Å². The van der Waals surface area contributed by atoms with Crippen molar-refractivity contribution in [2.24, 2.45) is 5.92 Å². The summed E-state index contributed by atoms with van der Waals surface area (Å²) in [5.41, 5.74) is 1.41. The van der Waals surface area contributed by atoms with Crippen LogP contribution in [0.25, 0.3) is 0 Å². The second kappa shape index (κ2) is 6.93. The highest BCUT2D eigenvalue weighted by Gasteiger charge is 2.28. The highest BCUT2D eigenvalue weighted by Crippen LogP contribution is 2.36. The zero-order chi connectivity index (χ0) is 14.7. The molecule has 1 aromatic rings. The van der Waals surface area contributed by atoms with Gasteiger partial charge < -0.3 is 9.88 Å². The van der Waals surface area contributed by atoms with E-state index in [1.807, 2.05) is 6.33 Å². The molecule has 0 bridgehead atoms. The quantitative estimate of drug-likeness (QED) is 0.838. The van der Waals surface area contributed by atoms with Crippen molar-refractivity contribution in [3.05, 3.63) is 18.2 Å². The van der Waals surface area contributed by atoms with E-state index in [0.29, 0.717) is 6.04 Å². The van der Waals surface area contributed by atoms with Gasteiger partial charge in [0.05, 0.1) is 12.0 Å². The minimum absolute atomic E-state index is 0.694. The molecular weight excluding hydrogens is 260 g/mol. The molecule has 3 rings (SSSR count). The first-order valence-corrected chi connectivity index (χ1v) is 8.69. The van der Waals surface area contributed by atoms with Gasteiger partial charge in [-0.3, -0.25) is 4.90 Å². The Morgan fingerprint density at radius 1 is 1.29 bits per heavy atom. The molecule has 0 radical (unpaired) electrons. The van der Waals surface area contributed by atoms with Gasteiger partial charge in [0, 0.05) is 31.4 Å². The van der Waals surface area contributed by atoms with Gasteiger partial charge in [-0.25, -0.2) is 4.98 Å². The number of nitrogens with one attached hydrogen (secondary N) is 1. The summed E-state index contributed by atoms with van der Waals surface area (Å²) in [6.07, 6.45) is 10.8. The van der Waals surface area contributed by atoms with Crippen LogP contribution in [0.2, 0.25) is 0 Å². The van der Waals surface area contributed by atoms with Crippen LogP contribution in [0, 0.1) is 5.92 Å². The van der Waals surface area contributed by atoms with Crippen LogP contribution < -0.4 is 5.32 Å². The number of piperidine rings is 1. The zero-order valence-corrected chi connectivity index (χ0v) is 13.6. The molecule has 1 aromatic heterocycles. The van der Waals surface area contributed by atoms with Gasteiger partial charge in [0.25, 0.3) is 0 Å². The molecule has 4 heteroatoms. The summed E-state index contributed by atoms with van der Waals surface area (Å²) in [7, 11) is 0. The highest BCUT2D eigenvalue weighted by atomic mass is 15.2. The SMILES string of the molecule is CC(C)CNCC1CCCCN1Cc1cncn1C1CC1. The molecule has 0 amide bonds. The van der Waals surface area contributed by atoms with Crippen molar-refractivity contribution in [3.8, 4) is 0 Å². The van der Waals surface area contributed by atoms with Gasteiger partial charge in [-0.15, -0.1) is 0 Å². The zero-order valence-electron chi connectivity index (χ0n) is 13.6. The van der Waals surface area contributed by atoms with E-state index in [2.05, 4.69) is 39.8 Å². The van der Waals surface area contributed by atoms with Crippen molar-refractivity contribution in [1.82, 2.24) is 19.8 Å². The van der Waals surface area contributed by atoms with Crippen LogP contribution >= 0.6 is 0 Å². The van der Waals surface area contributed by atoms with E-state index >= 15 is 0 Å². The van der Waals surface area contributed by atoms with Crippen LogP contribution in [0.3, 0.4) is 0 Å². The Morgan fingerprint density at radius 3 is 2.90 bits per heavy atom. The Bertz CT molecular complexity index is 436. The Kier molecular flexibility index (Phi) is 4.96. The lowest BCUT2D eigenvalue weighted by molar-refractivity contribution is 0.133. The van der Waals surface area contributed by atoms with Crippen LogP contribution in [-0.2, 0) is 6.54 Å². The average Bonchev–Trinajstić information content (AvgIpc) is 3.21. The van der Waals surface area contributed by atoms with E-state index in [1.165, 1.54) is 44.3 Å². The molecule has 2 fully saturated rings. The number of nitrogens with zero attached hydrogens (tertiary/aromatic N) is 3. The van der Waals surface area contributed by atoms with Crippen molar-refractivity contribution in [2.75, 3.05) is 19.6 Å². The van der Waals surface area contributed by atoms with Gasteiger partial charge in [-0.1, -0.05) is 20.3 Å². The third kappa shape index (κ3) is 4.07. The van der Waals surface area contributed by atoms with Gasteiger partial charge >= 0.3 is 0 Å². The molecule has 4 nitrogen and oxygen atoms in total. The molecule has 0 spiro atoms. The maximum atomic E-state index is 4.38. The molecule has 1 saturated heterocycles. The normalized spacial score (nSPS) is 23.9. The number of hydrogen-bond acceptors (Lipinski definition) is 3. The van der Waals surface area contributed by atoms with Crippen LogP contribution in [0.5, 0.6) is 0 Å². The van der Waals surface area contributed by atoms with E-state index in [1.54, 1.807) is 0 Å². The second-order valence-corrected chi connectivity index (χ2v) is 7.20.